The van der Waals surface area contributed by atoms with Crippen molar-refractivity contribution in [2.75, 3.05) is 18.3 Å². The lowest BCUT2D eigenvalue weighted by Crippen LogP contribution is -2.57. The third-order valence-electron chi connectivity index (χ3n) is 7.80. The highest BCUT2D eigenvalue weighted by molar-refractivity contribution is 6.76. The predicted molar refractivity (Wildman–Crippen MR) is 156 cm³/mol. The number of amides is 4. The number of halogens is 6. The smallest absolute Gasteiger partial charge is 0.361 e. The molecule has 0 saturated heterocycles. The van der Waals surface area contributed by atoms with Crippen LogP contribution in [0, 0.1) is 0 Å². The minimum absolute atomic E-state index is 0.170. The van der Waals surface area contributed by atoms with Gasteiger partial charge >= 0.3 is 24.2 Å². The Morgan fingerprint density at radius 3 is 2.11 bits per heavy atom. The van der Waals surface area contributed by atoms with Gasteiger partial charge in [-0.3, -0.25) is 24.2 Å². The Morgan fingerprint density at radius 1 is 0.913 bits per heavy atom. The van der Waals surface area contributed by atoms with Gasteiger partial charge in [0.2, 0.25) is 0 Å². The van der Waals surface area contributed by atoms with Gasteiger partial charge in [-0.15, -0.1) is 0 Å². The molecule has 0 unspecified atom stereocenters. The van der Waals surface area contributed by atoms with E-state index < -0.39 is 78.6 Å². The molecule has 250 valence electrons. The van der Waals surface area contributed by atoms with Crippen molar-refractivity contribution in [2.24, 2.45) is 0 Å². The highest BCUT2D eigenvalue weighted by Gasteiger charge is 2.52. The minimum atomic E-state index is -5.74. The van der Waals surface area contributed by atoms with Gasteiger partial charge in [-0.25, -0.2) is 14.9 Å². The van der Waals surface area contributed by atoms with Crippen LogP contribution in [-0.4, -0.2) is 72.3 Å². The number of imide groups is 1. The fourth-order valence-corrected chi connectivity index (χ4v) is 6.04. The molecule has 0 bridgehead atoms. The van der Waals surface area contributed by atoms with Crippen LogP contribution in [-0.2, 0) is 20.9 Å². The molecule has 2 aromatic rings. The van der Waals surface area contributed by atoms with Crippen molar-refractivity contribution in [3.63, 3.8) is 0 Å². The van der Waals surface area contributed by atoms with E-state index in [9.17, 15) is 45.5 Å². The lowest BCUT2D eigenvalue weighted by Gasteiger charge is -2.35. The quantitative estimate of drug-likeness (QED) is 0.100. The molecule has 0 atom stereocenters. The molecule has 0 N–H and O–H groups in total. The number of pyridine rings is 1. The average molecular weight is 673 g/mol. The number of benzene rings is 1. The van der Waals surface area contributed by atoms with Crippen LogP contribution in [0.3, 0.4) is 0 Å². The van der Waals surface area contributed by atoms with E-state index in [4.69, 9.17) is 4.74 Å². The molecule has 0 radical (unpaired) electrons. The molecule has 4 rings (SSSR count). The van der Waals surface area contributed by atoms with Crippen LogP contribution in [0.15, 0.2) is 36.5 Å². The van der Waals surface area contributed by atoms with Gasteiger partial charge in [0, 0.05) is 20.9 Å². The first kappa shape index (κ1) is 35.1. The van der Waals surface area contributed by atoms with Crippen LogP contribution in [0.25, 0.3) is 0 Å². The van der Waals surface area contributed by atoms with E-state index in [1.54, 1.807) is 6.07 Å². The molecule has 1 aliphatic heterocycles. The van der Waals surface area contributed by atoms with Crippen molar-refractivity contribution in [3.05, 3.63) is 58.9 Å². The second-order valence-electron chi connectivity index (χ2n) is 12.5. The maximum atomic E-state index is 13.9. The molecule has 4 amide bonds. The first-order chi connectivity index (χ1) is 21.4. The van der Waals surface area contributed by atoms with E-state index in [1.807, 2.05) is 0 Å². The van der Waals surface area contributed by atoms with Gasteiger partial charge < -0.3 is 4.74 Å². The predicted octanol–water partition coefficient (Wildman–Crippen LogP) is 6.44. The van der Waals surface area contributed by atoms with Gasteiger partial charge in [0.15, 0.2) is 0 Å². The molecule has 1 aromatic carbocycles. The molecule has 1 aromatic heterocycles. The second-order valence-corrected chi connectivity index (χ2v) is 18.1. The van der Waals surface area contributed by atoms with Crippen LogP contribution in [0.4, 0.5) is 32.0 Å². The van der Waals surface area contributed by atoms with Gasteiger partial charge in [-0.1, -0.05) is 45.0 Å². The van der Waals surface area contributed by atoms with Crippen LogP contribution >= 0.6 is 0 Å². The number of aromatic nitrogens is 1. The number of hydrogen-bond acceptors (Lipinski definition) is 6. The summed E-state index contributed by atoms with van der Waals surface area (Å²) >= 11 is 0. The third-order valence-corrected chi connectivity index (χ3v) is 9.51. The lowest BCUT2D eigenvalue weighted by atomic mass is 9.85. The van der Waals surface area contributed by atoms with E-state index in [-0.39, 0.29) is 23.8 Å². The number of hydrogen-bond donors (Lipinski definition) is 0. The number of carbonyl (C=O) groups excluding carboxylic acids is 4. The van der Waals surface area contributed by atoms with E-state index in [2.05, 4.69) is 24.6 Å². The highest BCUT2D eigenvalue weighted by atomic mass is 28.3. The summed E-state index contributed by atoms with van der Waals surface area (Å²) in [6.07, 6.45) is -5.20. The third kappa shape index (κ3) is 8.13. The first-order valence-electron chi connectivity index (χ1n) is 14.7. The zero-order valence-electron chi connectivity index (χ0n) is 25.5. The highest BCUT2D eigenvalue weighted by Crippen LogP contribution is 2.35. The zero-order valence-corrected chi connectivity index (χ0v) is 26.5. The number of nitrogens with zero attached hydrogens (tertiary/aromatic N) is 4. The Kier molecular flexibility index (Phi) is 10.3. The molecule has 1 saturated carbocycles. The Bertz CT molecular complexity index is 1470. The van der Waals surface area contributed by atoms with Crippen molar-refractivity contribution in [3.8, 4) is 0 Å². The molecule has 46 heavy (non-hydrogen) atoms. The number of hydrazine groups is 1. The Labute approximate surface area is 262 Å². The lowest BCUT2D eigenvalue weighted by molar-refractivity contribution is -0.192. The molecular weight excluding hydrogens is 638 g/mol. The van der Waals surface area contributed by atoms with Crippen molar-refractivity contribution in [2.45, 2.75) is 82.6 Å². The van der Waals surface area contributed by atoms with Crippen LogP contribution in [0.2, 0.25) is 25.7 Å². The van der Waals surface area contributed by atoms with Gasteiger partial charge in [0.05, 0.1) is 29.1 Å². The van der Waals surface area contributed by atoms with Gasteiger partial charge in [-0.05, 0) is 54.6 Å². The number of ether oxygens (including phenoxy) is 1. The summed E-state index contributed by atoms with van der Waals surface area (Å²) in [6.45, 7) is 4.88. The zero-order chi connectivity index (χ0) is 34.0. The van der Waals surface area contributed by atoms with E-state index in [0.29, 0.717) is 11.0 Å². The summed E-state index contributed by atoms with van der Waals surface area (Å²) in [7, 11) is -1.51. The minimum Gasteiger partial charge on any atom is -0.361 e. The van der Waals surface area contributed by atoms with E-state index in [1.165, 1.54) is 12.3 Å². The van der Waals surface area contributed by atoms with Crippen molar-refractivity contribution < 1.29 is 50.3 Å². The summed E-state index contributed by atoms with van der Waals surface area (Å²) in [6, 6.07) is 5.95. The fraction of sp³-hybridized carbons (Fsp3) is 0.500. The summed E-state index contributed by atoms with van der Waals surface area (Å²) in [5.41, 5.74) is -1.02. The van der Waals surface area contributed by atoms with Crippen molar-refractivity contribution in [1.29, 1.82) is 0 Å². The summed E-state index contributed by atoms with van der Waals surface area (Å²) in [5.74, 6) is -7.25. The maximum absolute atomic E-state index is 13.9. The van der Waals surface area contributed by atoms with Crippen LogP contribution in [0.1, 0.15) is 70.0 Å². The van der Waals surface area contributed by atoms with Crippen LogP contribution < -0.4 is 5.01 Å². The molecule has 16 heteroatoms. The van der Waals surface area contributed by atoms with E-state index in [0.717, 1.165) is 55.8 Å². The van der Waals surface area contributed by atoms with Crippen molar-refractivity contribution in [1.82, 2.24) is 14.9 Å². The Hall–Kier alpha value is -3.79. The fourth-order valence-electron chi connectivity index (χ4n) is 5.29. The monoisotopic (exact) mass is 672 g/mol. The average Bonchev–Trinajstić information content (AvgIpc) is 3.22. The molecule has 1 fully saturated rings. The van der Waals surface area contributed by atoms with Crippen LogP contribution in [0.5, 0.6) is 0 Å². The summed E-state index contributed by atoms with van der Waals surface area (Å²) in [4.78, 5) is 56.1. The maximum Gasteiger partial charge on any atom is 0.473 e. The Balaban J connectivity index is 1.68. The largest absolute Gasteiger partial charge is 0.473 e. The number of carbonyl (C=O) groups is 4. The van der Waals surface area contributed by atoms with Crippen molar-refractivity contribution >= 4 is 37.4 Å². The normalized spacial score (nSPS) is 16.1. The van der Waals surface area contributed by atoms with Gasteiger partial charge in [0.1, 0.15) is 6.73 Å². The SMILES string of the molecule is C[Si](C)(C)CCOCN1C(=O)c2ccc(N(C(=O)C(F)(F)F)N(Cc3ccc(C4CCCCC4)cn3)C(=O)C(F)(F)F)cc2C1=O. The summed E-state index contributed by atoms with van der Waals surface area (Å²) < 4.78 is 88.5. The molecule has 2 heterocycles. The number of rotatable bonds is 9. The standard InChI is InChI=1S/C30H34F6N4O5Si/c1-46(2,3)14-13-45-18-38-25(41)23-12-11-22(15-24(23)26(38)42)40(28(44)30(34,35)36)39(27(43)29(31,32)33)17-21-10-9-20(16-37-21)19-7-5-4-6-8-19/h9-12,15-16,19H,4-8,13-14,17-18H2,1-3H3. The molecular formula is C30H34F6N4O5Si. The summed E-state index contributed by atoms with van der Waals surface area (Å²) in [5, 5.41) is -0.879. The van der Waals surface area contributed by atoms with E-state index >= 15 is 0 Å². The number of alkyl halides is 6. The molecule has 1 aliphatic carbocycles. The number of anilines is 1. The Morgan fingerprint density at radius 2 is 1.54 bits per heavy atom. The molecule has 9 nitrogen and oxygen atoms in total. The first-order valence-corrected chi connectivity index (χ1v) is 18.4. The number of fused-ring (bicyclic) bond motifs is 1. The van der Waals surface area contributed by atoms with Gasteiger partial charge in [-0.2, -0.15) is 26.3 Å². The molecule has 0 spiro atoms. The second kappa shape index (κ2) is 13.5. The van der Waals surface area contributed by atoms with Gasteiger partial charge in [0.25, 0.3) is 11.8 Å². The molecule has 2 aliphatic rings. The topological polar surface area (TPSA) is 100 Å².